The van der Waals surface area contributed by atoms with E-state index in [0.717, 1.165) is 22.5 Å². The summed E-state index contributed by atoms with van der Waals surface area (Å²) in [4.78, 5) is 25.8. The van der Waals surface area contributed by atoms with Crippen molar-refractivity contribution in [2.75, 3.05) is 21.3 Å². The Morgan fingerprint density at radius 1 is 0.828 bits per heavy atom. The van der Waals surface area contributed by atoms with Crippen LogP contribution in [0, 0.1) is 0 Å². The first kappa shape index (κ1) is 20.7. The molecule has 3 rings (SSSR count). The molecule has 1 aliphatic heterocycles. The Balaban J connectivity index is 2.01. The number of allylic oxidation sites excluding steroid dienone is 2. The lowest BCUT2D eigenvalue weighted by Crippen LogP contribution is -2.18. The highest BCUT2D eigenvalue weighted by atomic mass is 32.2. The zero-order valence-corrected chi connectivity index (χ0v) is 17.5. The van der Waals surface area contributed by atoms with Gasteiger partial charge in [0.05, 0.1) is 31.5 Å². The second kappa shape index (κ2) is 9.01. The number of carbonyl (C=O) groups is 2. The Kier molecular flexibility index (Phi) is 6.44. The number of ketones is 1. The number of rotatable bonds is 6. The van der Waals surface area contributed by atoms with Crippen LogP contribution in [0.25, 0.3) is 5.57 Å². The van der Waals surface area contributed by atoms with Crippen molar-refractivity contribution in [3.05, 3.63) is 76.2 Å². The maximum atomic E-state index is 13.2. The lowest BCUT2D eigenvalue weighted by molar-refractivity contribution is -0.135. The summed E-state index contributed by atoms with van der Waals surface area (Å²) in [5.41, 5.74) is 3.23. The van der Waals surface area contributed by atoms with Crippen LogP contribution in [0.4, 0.5) is 0 Å². The van der Waals surface area contributed by atoms with Crippen molar-refractivity contribution < 1.29 is 23.8 Å². The van der Waals surface area contributed by atoms with Gasteiger partial charge in [-0.05, 0) is 66.1 Å². The molecule has 1 unspecified atom stereocenters. The van der Waals surface area contributed by atoms with E-state index in [2.05, 4.69) is 0 Å². The molecule has 0 saturated carbocycles. The number of methoxy groups -OCH3 is 3. The molecule has 1 aliphatic rings. The quantitative estimate of drug-likeness (QED) is 0.515. The fraction of sp³-hybridized carbons (Fsp3) is 0.217. The van der Waals surface area contributed by atoms with Gasteiger partial charge in [-0.25, -0.2) is 4.79 Å². The number of Topliss-reactive ketones (excluding diaryl/α,β-unsaturated/α-hetero) is 1. The molecule has 0 amide bonds. The van der Waals surface area contributed by atoms with Crippen LogP contribution in [0.2, 0.25) is 0 Å². The molecule has 2 aromatic rings. The third-order valence-corrected chi connectivity index (χ3v) is 6.01. The van der Waals surface area contributed by atoms with Gasteiger partial charge in [0.1, 0.15) is 11.5 Å². The molecule has 1 atom stereocenters. The van der Waals surface area contributed by atoms with E-state index in [9.17, 15) is 9.59 Å². The molecule has 0 aromatic heterocycles. The Morgan fingerprint density at radius 2 is 1.34 bits per heavy atom. The van der Waals surface area contributed by atoms with Gasteiger partial charge >= 0.3 is 5.97 Å². The molecule has 29 heavy (non-hydrogen) atoms. The van der Waals surface area contributed by atoms with Crippen LogP contribution in [0.3, 0.4) is 0 Å². The zero-order chi connectivity index (χ0) is 21.0. The first-order valence-electron chi connectivity index (χ1n) is 8.98. The SMILES string of the molecule is COC(=O)C1=C/C(=C(/C)c2ccc(OC)cc2)C(C(=O)c2ccc(OC)cc2)S1. The fourth-order valence-electron chi connectivity index (χ4n) is 3.06. The summed E-state index contributed by atoms with van der Waals surface area (Å²) in [6.07, 6.45) is 1.75. The minimum atomic E-state index is -0.528. The topological polar surface area (TPSA) is 61.8 Å². The molecule has 6 heteroatoms. The van der Waals surface area contributed by atoms with Crippen LogP contribution < -0.4 is 9.47 Å². The molecule has 0 aliphatic carbocycles. The number of ether oxygens (including phenoxy) is 3. The van der Waals surface area contributed by atoms with E-state index in [1.807, 2.05) is 31.2 Å². The van der Waals surface area contributed by atoms with Gasteiger partial charge in [-0.1, -0.05) is 12.1 Å². The summed E-state index contributed by atoms with van der Waals surface area (Å²) in [7, 11) is 4.53. The zero-order valence-electron chi connectivity index (χ0n) is 16.7. The van der Waals surface area contributed by atoms with E-state index >= 15 is 0 Å². The predicted octanol–water partition coefficient (Wildman–Crippen LogP) is 4.53. The third kappa shape index (κ3) is 4.38. The first-order valence-corrected chi connectivity index (χ1v) is 9.86. The minimum Gasteiger partial charge on any atom is -0.497 e. The highest BCUT2D eigenvalue weighted by Crippen LogP contribution is 2.42. The average molecular weight is 410 g/mol. The summed E-state index contributed by atoms with van der Waals surface area (Å²) in [5.74, 6) is 0.916. The predicted molar refractivity (Wildman–Crippen MR) is 114 cm³/mol. The van der Waals surface area contributed by atoms with Gasteiger partial charge in [0.25, 0.3) is 0 Å². The van der Waals surface area contributed by atoms with E-state index in [1.165, 1.54) is 18.9 Å². The van der Waals surface area contributed by atoms with Crippen LogP contribution in [0.5, 0.6) is 11.5 Å². The summed E-state index contributed by atoms with van der Waals surface area (Å²) >= 11 is 1.22. The van der Waals surface area contributed by atoms with Crippen LogP contribution >= 0.6 is 11.8 Å². The van der Waals surface area contributed by atoms with Gasteiger partial charge in [-0.2, -0.15) is 0 Å². The molecule has 0 N–H and O–H groups in total. The van der Waals surface area contributed by atoms with Gasteiger partial charge in [0, 0.05) is 5.56 Å². The maximum absolute atomic E-state index is 13.2. The second-order valence-electron chi connectivity index (χ2n) is 6.40. The Hall–Kier alpha value is -2.99. The van der Waals surface area contributed by atoms with Crippen molar-refractivity contribution >= 4 is 29.1 Å². The molecule has 2 aromatic carbocycles. The van der Waals surface area contributed by atoms with Crippen molar-refractivity contribution in [2.24, 2.45) is 0 Å². The lowest BCUT2D eigenvalue weighted by Gasteiger charge is -2.15. The van der Waals surface area contributed by atoms with E-state index in [4.69, 9.17) is 14.2 Å². The Bertz CT molecular complexity index is 971. The molecular weight excluding hydrogens is 388 g/mol. The Labute approximate surface area is 174 Å². The van der Waals surface area contributed by atoms with Crippen molar-refractivity contribution in [1.82, 2.24) is 0 Å². The molecule has 1 heterocycles. The van der Waals surface area contributed by atoms with Gasteiger partial charge < -0.3 is 14.2 Å². The largest absolute Gasteiger partial charge is 0.497 e. The number of hydrogen-bond acceptors (Lipinski definition) is 6. The summed E-state index contributed by atoms with van der Waals surface area (Å²) in [6.45, 7) is 1.95. The second-order valence-corrected chi connectivity index (χ2v) is 7.55. The van der Waals surface area contributed by atoms with Gasteiger partial charge in [0.2, 0.25) is 0 Å². The van der Waals surface area contributed by atoms with Gasteiger partial charge in [0.15, 0.2) is 5.78 Å². The van der Waals surface area contributed by atoms with Crippen molar-refractivity contribution in [3.63, 3.8) is 0 Å². The number of esters is 1. The smallest absolute Gasteiger partial charge is 0.344 e. The number of carbonyl (C=O) groups excluding carboxylic acids is 2. The van der Waals surface area contributed by atoms with Crippen LogP contribution in [0.15, 0.2) is 65.1 Å². The number of benzene rings is 2. The van der Waals surface area contributed by atoms with Crippen molar-refractivity contribution in [2.45, 2.75) is 12.2 Å². The summed E-state index contributed by atoms with van der Waals surface area (Å²) in [6, 6.07) is 14.6. The summed E-state index contributed by atoms with van der Waals surface area (Å²) < 4.78 is 15.2. The average Bonchev–Trinajstić information content (AvgIpc) is 3.23. The number of hydrogen-bond donors (Lipinski definition) is 0. The lowest BCUT2D eigenvalue weighted by atomic mass is 9.94. The number of thioether (sulfide) groups is 1. The van der Waals surface area contributed by atoms with E-state index < -0.39 is 11.2 Å². The van der Waals surface area contributed by atoms with Crippen LogP contribution in [0.1, 0.15) is 22.8 Å². The monoisotopic (exact) mass is 410 g/mol. The molecular formula is C23H22O5S. The molecule has 0 saturated heterocycles. The summed E-state index contributed by atoms with van der Waals surface area (Å²) in [5, 5.41) is -0.528. The van der Waals surface area contributed by atoms with Crippen molar-refractivity contribution in [3.8, 4) is 11.5 Å². The molecule has 0 fully saturated rings. The van der Waals surface area contributed by atoms with E-state index in [1.54, 1.807) is 44.6 Å². The minimum absolute atomic E-state index is 0.0735. The van der Waals surface area contributed by atoms with Crippen molar-refractivity contribution in [1.29, 1.82) is 0 Å². The third-order valence-electron chi connectivity index (χ3n) is 4.77. The first-order chi connectivity index (χ1) is 14.0. The van der Waals surface area contributed by atoms with E-state index in [-0.39, 0.29) is 5.78 Å². The molecule has 0 spiro atoms. The van der Waals surface area contributed by atoms with Gasteiger partial charge in [-0.3, -0.25) is 4.79 Å². The Morgan fingerprint density at radius 3 is 1.83 bits per heavy atom. The fourth-order valence-corrected chi connectivity index (χ4v) is 4.31. The van der Waals surface area contributed by atoms with Gasteiger partial charge in [-0.15, -0.1) is 11.8 Å². The molecule has 0 radical (unpaired) electrons. The molecule has 150 valence electrons. The normalized spacial score (nSPS) is 17.4. The highest BCUT2D eigenvalue weighted by molar-refractivity contribution is 8.05. The standard InChI is InChI=1S/C23H22O5S/c1-14(15-5-9-17(26-2)10-6-15)19-13-20(23(25)28-4)29-22(19)21(24)16-7-11-18(27-3)12-8-16/h5-13,22H,1-4H3/b19-14+. The van der Waals surface area contributed by atoms with Crippen LogP contribution in [-0.4, -0.2) is 38.3 Å². The maximum Gasteiger partial charge on any atom is 0.344 e. The van der Waals surface area contributed by atoms with E-state index in [0.29, 0.717) is 16.2 Å². The highest BCUT2D eigenvalue weighted by Gasteiger charge is 2.34. The molecule has 0 bridgehead atoms. The molecule has 5 nitrogen and oxygen atoms in total. The van der Waals surface area contributed by atoms with Crippen LogP contribution in [-0.2, 0) is 9.53 Å².